The first-order valence-electron chi connectivity index (χ1n) is 7.78. The molecule has 0 amide bonds. The van der Waals surface area contributed by atoms with Gasteiger partial charge in [0.05, 0.1) is 0 Å². The number of likely N-dealkylation sites (N-methyl/N-ethyl adjacent to an activating group) is 1. The standard InChI is InChI=1S/C17H21NO3/c1-11-20-14-4-3-12(9-15(14)21-11)17-6-5-13(19)10-16(17)18(2)8-7-17/h3-4,9,11,16H,5-8,10H2,1-2H3/t11-,16-,17-/m0/s1. The summed E-state index contributed by atoms with van der Waals surface area (Å²) in [5.41, 5.74) is 1.41. The molecule has 4 heteroatoms. The second-order valence-electron chi connectivity index (χ2n) is 6.61. The highest BCUT2D eigenvalue weighted by molar-refractivity contribution is 5.81. The average molecular weight is 287 g/mol. The van der Waals surface area contributed by atoms with E-state index in [9.17, 15) is 4.79 Å². The summed E-state index contributed by atoms with van der Waals surface area (Å²) in [7, 11) is 2.14. The fourth-order valence-corrected chi connectivity index (χ4v) is 4.31. The van der Waals surface area contributed by atoms with Crippen molar-refractivity contribution in [1.29, 1.82) is 0 Å². The molecular weight excluding hydrogens is 266 g/mol. The molecule has 112 valence electrons. The quantitative estimate of drug-likeness (QED) is 0.795. The molecule has 3 atom stereocenters. The van der Waals surface area contributed by atoms with E-state index in [0.717, 1.165) is 30.9 Å². The second-order valence-corrected chi connectivity index (χ2v) is 6.61. The molecule has 1 aromatic carbocycles. The third-order valence-electron chi connectivity index (χ3n) is 5.46. The van der Waals surface area contributed by atoms with Crippen LogP contribution in [0.1, 0.15) is 38.2 Å². The minimum Gasteiger partial charge on any atom is -0.451 e. The lowest BCUT2D eigenvalue weighted by Crippen LogP contribution is -2.46. The number of Topliss-reactive ketones (excluding diaryl/α,β-unsaturated/α-hetero) is 1. The van der Waals surface area contributed by atoms with Gasteiger partial charge in [0.15, 0.2) is 11.5 Å². The van der Waals surface area contributed by atoms with E-state index in [4.69, 9.17) is 9.47 Å². The van der Waals surface area contributed by atoms with Crippen LogP contribution in [-0.4, -0.2) is 36.6 Å². The number of ether oxygens (including phenoxy) is 2. The molecule has 1 saturated carbocycles. The summed E-state index contributed by atoms with van der Waals surface area (Å²) < 4.78 is 11.3. The number of benzene rings is 1. The first-order chi connectivity index (χ1) is 10.1. The van der Waals surface area contributed by atoms with Crippen LogP contribution < -0.4 is 9.47 Å². The predicted molar refractivity (Wildman–Crippen MR) is 78.7 cm³/mol. The molecule has 1 aromatic rings. The molecule has 0 spiro atoms. The largest absolute Gasteiger partial charge is 0.451 e. The molecule has 1 saturated heterocycles. The predicted octanol–water partition coefficient (Wildman–Crippen LogP) is 2.50. The molecule has 2 heterocycles. The Kier molecular flexibility index (Phi) is 2.80. The van der Waals surface area contributed by atoms with Gasteiger partial charge in [-0.1, -0.05) is 6.07 Å². The third kappa shape index (κ3) is 1.89. The zero-order valence-corrected chi connectivity index (χ0v) is 12.6. The number of likely N-dealkylation sites (tertiary alicyclic amines) is 1. The van der Waals surface area contributed by atoms with Gasteiger partial charge < -0.3 is 14.4 Å². The summed E-state index contributed by atoms with van der Waals surface area (Å²) in [6.45, 7) is 2.96. The maximum absolute atomic E-state index is 11.9. The number of hydrogen-bond acceptors (Lipinski definition) is 4. The Labute approximate surface area is 125 Å². The van der Waals surface area contributed by atoms with Gasteiger partial charge in [-0.15, -0.1) is 0 Å². The van der Waals surface area contributed by atoms with Crippen LogP contribution in [0.25, 0.3) is 0 Å². The Hall–Kier alpha value is -1.55. The number of carbonyl (C=O) groups is 1. The van der Waals surface area contributed by atoms with E-state index in [1.807, 2.05) is 13.0 Å². The van der Waals surface area contributed by atoms with Gasteiger partial charge in [-0.25, -0.2) is 0 Å². The van der Waals surface area contributed by atoms with Crippen molar-refractivity contribution in [3.8, 4) is 11.5 Å². The van der Waals surface area contributed by atoms with Crippen LogP contribution in [0.4, 0.5) is 0 Å². The average Bonchev–Trinajstić information content (AvgIpc) is 2.99. The number of ketones is 1. The highest BCUT2D eigenvalue weighted by atomic mass is 16.7. The number of carbonyl (C=O) groups excluding carboxylic acids is 1. The summed E-state index contributed by atoms with van der Waals surface area (Å²) in [4.78, 5) is 14.2. The highest BCUT2D eigenvalue weighted by Gasteiger charge is 2.50. The van der Waals surface area contributed by atoms with E-state index in [2.05, 4.69) is 24.1 Å². The van der Waals surface area contributed by atoms with Crippen molar-refractivity contribution in [3.63, 3.8) is 0 Å². The van der Waals surface area contributed by atoms with Crippen molar-refractivity contribution >= 4 is 5.78 Å². The summed E-state index contributed by atoms with van der Waals surface area (Å²) in [6, 6.07) is 6.66. The third-order valence-corrected chi connectivity index (χ3v) is 5.46. The second kappa shape index (κ2) is 4.47. The van der Waals surface area contributed by atoms with Gasteiger partial charge in [-0.2, -0.15) is 0 Å². The van der Waals surface area contributed by atoms with Crippen LogP contribution in [0.3, 0.4) is 0 Å². The van der Waals surface area contributed by atoms with Gasteiger partial charge in [0, 0.05) is 31.2 Å². The molecule has 2 aliphatic heterocycles. The Balaban J connectivity index is 1.75. The molecule has 1 aliphatic carbocycles. The summed E-state index contributed by atoms with van der Waals surface area (Å²) in [5, 5.41) is 0. The Bertz CT molecular complexity index is 600. The topological polar surface area (TPSA) is 38.8 Å². The van der Waals surface area contributed by atoms with E-state index >= 15 is 0 Å². The Morgan fingerprint density at radius 2 is 2.05 bits per heavy atom. The molecule has 3 aliphatic rings. The van der Waals surface area contributed by atoms with Crippen molar-refractivity contribution in [1.82, 2.24) is 4.90 Å². The SMILES string of the molecule is C[C@H]1Oc2ccc([C@@]34CCC(=O)C[C@@H]3N(C)CC4)cc2O1. The first kappa shape index (κ1) is 13.1. The molecule has 4 nitrogen and oxygen atoms in total. The molecule has 21 heavy (non-hydrogen) atoms. The van der Waals surface area contributed by atoms with Crippen LogP contribution >= 0.6 is 0 Å². The fraction of sp³-hybridized carbons (Fsp3) is 0.588. The van der Waals surface area contributed by atoms with Crippen molar-refractivity contribution in [3.05, 3.63) is 23.8 Å². The molecule has 4 rings (SSSR count). The normalized spacial score (nSPS) is 35.0. The van der Waals surface area contributed by atoms with Crippen LogP contribution in [-0.2, 0) is 10.2 Å². The van der Waals surface area contributed by atoms with Gasteiger partial charge in [0.2, 0.25) is 6.29 Å². The maximum Gasteiger partial charge on any atom is 0.238 e. The van der Waals surface area contributed by atoms with E-state index in [1.165, 1.54) is 5.56 Å². The molecule has 0 bridgehead atoms. The van der Waals surface area contributed by atoms with E-state index in [-0.39, 0.29) is 11.7 Å². The van der Waals surface area contributed by atoms with Crippen LogP contribution in [0.2, 0.25) is 0 Å². The van der Waals surface area contributed by atoms with Crippen LogP contribution in [0, 0.1) is 0 Å². The monoisotopic (exact) mass is 287 g/mol. The maximum atomic E-state index is 11.9. The summed E-state index contributed by atoms with van der Waals surface area (Å²) in [5.74, 6) is 2.08. The van der Waals surface area contributed by atoms with Crippen LogP contribution in [0.15, 0.2) is 18.2 Å². The minimum atomic E-state index is -0.206. The van der Waals surface area contributed by atoms with Crippen molar-refractivity contribution in [2.24, 2.45) is 0 Å². The van der Waals surface area contributed by atoms with Crippen LogP contribution in [0.5, 0.6) is 11.5 Å². The molecule has 0 aromatic heterocycles. The minimum absolute atomic E-state index is 0.104. The number of rotatable bonds is 1. The van der Waals surface area contributed by atoms with Gasteiger partial charge >= 0.3 is 0 Å². The lowest BCUT2D eigenvalue weighted by Gasteiger charge is -2.41. The Morgan fingerprint density at radius 1 is 1.24 bits per heavy atom. The number of fused-ring (bicyclic) bond motifs is 2. The molecular formula is C17H21NO3. The summed E-state index contributed by atoms with van der Waals surface area (Å²) >= 11 is 0. The lowest BCUT2D eigenvalue weighted by molar-refractivity contribution is -0.122. The zero-order chi connectivity index (χ0) is 14.6. The van der Waals surface area contributed by atoms with Gasteiger partial charge in [-0.3, -0.25) is 4.79 Å². The molecule has 0 radical (unpaired) electrons. The summed E-state index contributed by atoms with van der Waals surface area (Å²) in [6.07, 6.45) is 3.26. The van der Waals surface area contributed by atoms with Crippen molar-refractivity contribution in [2.75, 3.05) is 13.6 Å². The number of hydrogen-bond donors (Lipinski definition) is 0. The van der Waals surface area contributed by atoms with Crippen molar-refractivity contribution < 1.29 is 14.3 Å². The highest BCUT2D eigenvalue weighted by Crippen LogP contribution is 2.49. The van der Waals surface area contributed by atoms with E-state index < -0.39 is 0 Å². The lowest BCUT2D eigenvalue weighted by atomic mass is 9.66. The Morgan fingerprint density at radius 3 is 2.90 bits per heavy atom. The van der Waals surface area contributed by atoms with Gasteiger partial charge in [0.1, 0.15) is 5.78 Å². The fourth-order valence-electron chi connectivity index (χ4n) is 4.31. The molecule has 0 unspecified atom stereocenters. The first-order valence-corrected chi connectivity index (χ1v) is 7.78. The van der Waals surface area contributed by atoms with E-state index in [1.54, 1.807) is 0 Å². The van der Waals surface area contributed by atoms with Crippen molar-refractivity contribution in [2.45, 2.75) is 50.4 Å². The molecule has 2 fully saturated rings. The zero-order valence-electron chi connectivity index (χ0n) is 12.6. The van der Waals surface area contributed by atoms with Gasteiger partial charge in [-0.05, 0) is 44.1 Å². The van der Waals surface area contributed by atoms with Gasteiger partial charge in [0.25, 0.3) is 0 Å². The number of nitrogens with zero attached hydrogens (tertiary/aromatic N) is 1. The molecule has 0 N–H and O–H groups in total. The van der Waals surface area contributed by atoms with E-state index in [0.29, 0.717) is 24.7 Å². The smallest absolute Gasteiger partial charge is 0.238 e.